The van der Waals surface area contributed by atoms with Gasteiger partial charge in [0.1, 0.15) is 0 Å². The van der Waals surface area contributed by atoms with Crippen LogP contribution in [-0.2, 0) is 16.2 Å². The SMILES string of the molecule is CCOC(=O)CN1CSc2nnc(-c3cccc(C)c3)n2C1. The van der Waals surface area contributed by atoms with Crippen LogP contribution in [0.4, 0.5) is 0 Å². The lowest BCUT2D eigenvalue weighted by molar-refractivity contribution is -0.144. The van der Waals surface area contributed by atoms with Gasteiger partial charge in [0, 0.05) is 5.56 Å². The van der Waals surface area contributed by atoms with Crippen molar-refractivity contribution in [3.8, 4) is 11.4 Å². The van der Waals surface area contributed by atoms with E-state index in [9.17, 15) is 4.79 Å². The molecule has 0 radical (unpaired) electrons. The van der Waals surface area contributed by atoms with Gasteiger partial charge in [-0.05, 0) is 19.9 Å². The molecule has 0 amide bonds. The summed E-state index contributed by atoms with van der Waals surface area (Å²) in [6.07, 6.45) is 0. The predicted molar refractivity (Wildman–Crippen MR) is 84.3 cm³/mol. The summed E-state index contributed by atoms with van der Waals surface area (Å²) < 4.78 is 7.06. The van der Waals surface area contributed by atoms with E-state index in [0.717, 1.165) is 16.5 Å². The predicted octanol–water partition coefficient (Wildman–Crippen LogP) is 2.14. The lowest BCUT2D eigenvalue weighted by Crippen LogP contribution is -2.35. The molecule has 0 unspecified atom stereocenters. The van der Waals surface area contributed by atoms with Crippen molar-refractivity contribution in [2.75, 3.05) is 19.0 Å². The number of carbonyl (C=O) groups is 1. The summed E-state index contributed by atoms with van der Waals surface area (Å²) in [6, 6.07) is 8.18. The summed E-state index contributed by atoms with van der Waals surface area (Å²) in [5.41, 5.74) is 2.22. The summed E-state index contributed by atoms with van der Waals surface area (Å²) in [4.78, 5) is 13.7. The van der Waals surface area contributed by atoms with E-state index in [1.165, 1.54) is 5.56 Å². The van der Waals surface area contributed by atoms with Crippen LogP contribution in [0.5, 0.6) is 0 Å². The molecule has 2 heterocycles. The fourth-order valence-electron chi connectivity index (χ4n) is 2.40. The van der Waals surface area contributed by atoms with E-state index in [-0.39, 0.29) is 12.5 Å². The van der Waals surface area contributed by atoms with Crippen LogP contribution in [0, 0.1) is 6.92 Å². The third kappa shape index (κ3) is 3.15. The van der Waals surface area contributed by atoms with Gasteiger partial charge >= 0.3 is 5.97 Å². The van der Waals surface area contributed by atoms with Crippen molar-refractivity contribution in [3.05, 3.63) is 29.8 Å². The highest BCUT2D eigenvalue weighted by Crippen LogP contribution is 2.28. The first-order valence-electron chi connectivity index (χ1n) is 7.18. The number of benzene rings is 1. The van der Waals surface area contributed by atoms with Crippen molar-refractivity contribution in [1.29, 1.82) is 0 Å². The monoisotopic (exact) mass is 318 g/mol. The second-order valence-electron chi connectivity index (χ2n) is 5.15. The maximum absolute atomic E-state index is 11.6. The Kier molecular flexibility index (Phi) is 4.44. The van der Waals surface area contributed by atoms with Crippen molar-refractivity contribution in [3.63, 3.8) is 0 Å². The zero-order valence-corrected chi connectivity index (χ0v) is 13.5. The zero-order chi connectivity index (χ0) is 15.5. The van der Waals surface area contributed by atoms with Gasteiger partial charge in [-0.2, -0.15) is 0 Å². The molecular weight excluding hydrogens is 300 g/mol. The van der Waals surface area contributed by atoms with Gasteiger partial charge in [0.2, 0.25) is 0 Å². The normalized spacial score (nSPS) is 14.6. The topological polar surface area (TPSA) is 60.2 Å². The van der Waals surface area contributed by atoms with E-state index < -0.39 is 0 Å². The largest absolute Gasteiger partial charge is 0.465 e. The van der Waals surface area contributed by atoms with Crippen LogP contribution in [-0.4, -0.2) is 44.7 Å². The van der Waals surface area contributed by atoms with Crippen LogP contribution < -0.4 is 0 Å². The molecule has 0 atom stereocenters. The number of thioether (sulfide) groups is 1. The summed E-state index contributed by atoms with van der Waals surface area (Å²) in [7, 11) is 0. The summed E-state index contributed by atoms with van der Waals surface area (Å²) in [5, 5.41) is 9.44. The molecule has 1 aromatic heterocycles. The number of aryl methyl sites for hydroxylation is 1. The number of ether oxygens (including phenoxy) is 1. The van der Waals surface area contributed by atoms with E-state index in [0.29, 0.717) is 19.2 Å². The van der Waals surface area contributed by atoms with Crippen LogP contribution in [0.25, 0.3) is 11.4 Å². The Hall–Kier alpha value is -1.86. The lowest BCUT2D eigenvalue weighted by atomic mass is 10.1. The first kappa shape index (κ1) is 15.1. The maximum atomic E-state index is 11.6. The van der Waals surface area contributed by atoms with E-state index in [1.807, 2.05) is 28.5 Å². The molecule has 0 saturated heterocycles. The number of fused-ring (bicyclic) bond motifs is 1. The zero-order valence-electron chi connectivity index (χ0n) is 12.7. The fraction of sp³-hybridized carbons (Fsp3) is 0.400. The van der Waals surface area contributed by atoms with Crippen molar-refractivity contribution in [1.82, 2.24) is 19.7 Å². The van der Waals surface area contributed by atoms with Gasteiger partial charge in [-0.3, -0.25) is 14.3 Å². The van der Waals surface area contributed by atoms with Crippen molar-refractivity contribution in [2.45, 2.75) is 25.7 Å². The fourth-order valence-corrected chi connectivity index (χ4v) is 3.26. The molecule has 0 saturated carbocycles. The van der Waals surface area contributed by atoms with E-state index in [2.05, 4.69) is 29.3 Å². The van der Waals surface area contributed by atoms with E-state index >= 15 is 0 Å². The average Bonchev–Trinajstić information content (AvgIpc) is 2.90. The quantitative estimate of drug-likeness (QED) is 0.805. The Morgan fingerprint density at radius 2 is 2.27 bits per heavy atom. The summed E-state index contributed by atoms with van der Waals surface area (Å²) in [5.74, 6) is 1.35. The number of carbonyl (C=O) groups excluding carboxylic acids is 1. The van der Waals surface area contributed by atoms with E-state index in [4.69, 9.17) is 4.74 Å². The molecule has 0 N–H and O–H groups in total. The highest BCUT2D eigenvalue weighted by Gasteiger charge is 2.24. The van der Waals surface area contributed by atoms with Gasteiger partial charge in [-0.15, -0.1) is 10.2 Å². The highest BCUT2D eigenvalue weighted by atomic mass is 32.2. The average molecular weight is 318 g/mol. The Balaban J connectivity index is 1.81. The Morgan fingerprint density at radius 3 is 3.05 bits per heavy atom. The molecule has 3 rings (SSSR count). The molecule has 6 nitrogen and oxygen atoms in total. The second kappa shape index (κ2) is 6.50. The molecule has 0 aliphatic carbocycles. The van der Waals surface area contributed by atoms with Crippen molar-refractivity contribution >= 4 is 17.7 Å². The number of rotatable bonds is 4. The van der Waals surface area contributed by atoms with Gasteiger partial charge in [-0.1, -0.05) is 35.5 Å². The third-order valence-corrected chi connectivity index (χ3v) is 4.42. The van der Waals surface area contributed by atoms with E-state index in [1.54, 1.807) is 11.8 Å². The van der Waals surface area contributed by atoms with Gasteiger partial charge < -0.3 is 4.74 Å². The summed E-state index contributed by atoms with van der Waals surface area (Å²) >= 11 is 1.58. The van der Waals surface area contributed by atoms with Gasteiger partial charge in [-0.25, -0.2) is 0 Å². The smallest absolute Gasteiger partial charge is 0.320 e. The van der Waals surface area contributed by atoms with Crippen LogP contribution in [0.15, 0.2) is 29.4 Å². The number of hydrogen-bond acceptors (Lipinski definition) is 6. The van der Waals surface area contributed by atoms with Crippen LogP contribution in [0.2, 0.25) is 0 Å². The first-order valence-corrected chi connectivity index (χ1v) is 8.17. The molecule has 0 fully saturated rings. The van der Waals surface area contributed by atoms with Gasteiger partial charge in [0.15, 0.2) is 11.0 Å². The van der Waals surface area contributed by atoms with Gasteiger partial charge in [0.05, 0.1) is 25.7 Å². The molecule has 1 aliphatic rings. The molecule has 1 aliphatic heterocycles. The van der Waals surface area contributed by atoms with Crippen molar-refractivity contribution < 1.29 is 9.53 Å². The molecule has 22 heavy (non-hydrogen) atoms. The minimum Gasteiger partial charge on any atom is -0.465 e. The van der Waals surface area contributed by atoms with Crippen LogP contribution in [0.1, 0.15) is 12.5 Å². The highest BCUT2D eigenvalue weighted by molar-refractivity contribution is 7.99. The lowest BCUT2D eigenvalue weighted by Gasteiger charge is -2.26. The number of hydrogen-bond donors (Lipinski definition) is 0. The third-order valence-electron chi connectivity index (χ3n) is 3.37. The minimum atomic E-state index is -0.197. The molecular formula is C15H18N4O2S. The molecule has 0 bridgehead atoms. The summed E-state index contributed by atoms with van der Waals surface area (Å²) in [6.45, 7) is 5.16. The number of esters is 1. The maximum Gasteiger partial charge on any atom is 0.320 e. The molecule has 1 aromatic carbocycles. The first-order chi connectivity index (χ1) is 10.7. The Morgan fingerprint density at radius 1 is 1.41 bits per heavy atom. The van der Waals surface area contributed by atoms with Gasteiger partial charge in [0.25, 0.3) is 0 Å². The number of aromatic nitrogens is 3. The molecule has 116 valence electrons. The van der Waals surface area contributed by atoms with Crippen LogP contribution in [0.3, 0.4) is 0 Å². The Labute approximate surface area is 133 Å². The molecule has 0 spiro atoms. The molecule has 7 heteroatoms. The molecule has 2 aromatic rings. The Bertz CT molecular complexity index is 686. The van der Waals surface area contributed by atoms with Crippen molar-refractivity contribution in [2.24, 2.45) is 0 Å². The minimum absolute atomic E-state index is 0.197. The standard InChI is InChI=1S/C15H18N4O2S/c1-3-21-13(20)8-18-9-19-14(16-17-15(19)22-10-18)12-6-4-5-11(2)7-12/h4-7H,3,8-10H2,1-2H3. The van der Waals surface area contributed by atoms with Crippen LogP contribution >= 0.6 is 11.8 Å². The number of nitrogens with zero attached hydrogens (tertiary/aromatic N) is 4. The second-order valence-corrected chi connectivity index (χ2v) is 6.06.